The Morgan fingerprint density at radius 3 is 3.04 bits per heavy atom. The van der Waals surface area contributed by atoms with Crippen molar-refractivity contribution < 1.29 is 19.1 Å². The highest BCUT2D eigenvalue weighted by atomic mass is 32.1. The molecule has 7 heteroatoms. The van der Waals surface area contributed by atoms with E-state index in [9.17, 15) is 9.59 Å². The van der Waals surface area contributed by atoms with Crippen LogP contribution in [0.3, 0.4) is 0 Å². The van der Waals surface area contributed by atoms with Crippen molar-refractivity contribution in [3.63, 3.8) is 0 Å². The Bertz CT molecular complexity index is 818. The van der Waals surface area contributed by atoms with Crippen molar-refractivity contribution in [2.24, 2.45) is 11.3 Å². The lowest BCUT2D eigenvalue weighted by molar-refractivity contribution is -0.153. The van der Waals surface area contributed by atoms with Gasteiger partial charge in [0.1, 0.15) is 5.41 Å². The molecule has 1 aromatic carbocycles. The summed E-state index contributed by atoms with van der Waals surface area (Å²) in [6.07, 6.45) is 3.18. The van der Waals surface area contributed by atoms with Crippen LogP contribution < -0.4 is 0 Å². The molecule has 0 bridgehead atoms. The predicted molar refractivity (Wildman–Crippen MR) is 103 cm³/mol. The molecule has 0 radical (unpaired) electrons. The van der Waals surface area contributed by atoms with Crippen LogP contribution in [0.4, 0.5) is 0 Å². The van der Waals surface area contributed by atoms with Crippen molar-refractivity contribution in [2.75, 3.05) is 33.4 Å². The first-order chi connectivity index (χ1) is 13.1. The molecule has 0 saturated carbocycles. The summed E-state index contributed by atoms with van der Waals surface area (Å²) in [5, 5.41) is 1.13. The lowest BCUT2D eigenvalue weighted by Gasteiger charge is -2.23. The first-order valence-corrected chi connectivity index (χ1v) is 10.2. The average molecular weight is 388 g/mol. The van der Waals surface area contributed by atoms with Gasteiger partial charge in [-0.3, -0.25) is 9.59 Å². The van der Waals surface area contributed by atoms with E-state index in [0.717, 1.165) is 29.8 Å². The van der Waals surface area contributed by atoms with Gasteiger partial charge in [-0.25, -0.2) is 4.98 Å². The largest absolute Gasteiger partial charge is 0.468 e. The smallest absolute Gasteiger partial charge is 0.316 e. The number of amides is 1. The molecule has 6 nitrogen and oxygen atoms in total. The number of hydrogen-bond donors (Lipinski definition) is 0. The summed E-state index contributed by atoms with van der Waals surface area (Å²) in [5.41, 5.74) is 0.387. The van der Waals surface area contributed by atoms with Gasteiger partial charge in [0, 0.05) is 25.4 Å². The highest BCUT2D eigenvalue weighted by Crippen LogP contribution is 2.42. The minimum atomic E-state index is -0.661. The number of rotatable bonds is 6. The SMILES string of the molecule is COC(=O)[C@@]12COC[C@@H]1CN(C(=O)CCCCc1nc3ccccc3s1)C2. The number of carbonyl (C=O) groups excluding carboxylic acids is 2. The van der Waals surface area contributed by atoms with Gasteiger partial charge in [-0.1, -0.05) is 12.1 Å². The maximum absolute atomic E-state index is 12.6. The lowest BCUT2D eigenvalue weighted by Crippen LogP contribution is -2.40. The summed E-state index contributed by atoms with van der Waals surface area (Å²) < 4.78 is 11.7. The Labute approximate surface area is 162 Å². The number of thiazole rings is 1. The van der Waals surface area contributed by atoms with Crippen LogP contribution in [0.1, 0.15) is 24.3 Å². The van der Waals surface area contributed by atoms with E-state index < -0.39 is 5.41 Å². The topological polar surface area (TPSA) is 68.7 Å². The molecule has 0 N–H and O–H groups in total. The Hall–Kier alpha value is -1.99. The number of carbonyl (C=O) groups is 2. The van der Waals surface area contributed by atoms with Gasteiger partial charge >= 0.3 is 5.97 Å². The minimum Gasteiger partial charge on any atom is -0.468 e. The summed E-state index contributed by atoms with van der Waals surface area (Å²) >= 11 is 1.73. The molecular weight excluding hydrogens is 364 g/mol. The molecule has 144 valence electrons. The molecule has 2 fully saturated rings. The predicted octanol–water partition coefficient (Wildman–Crippen LogP) is 2.66. The third-order valence-electron chi connectivity index (χ3n) is 5.69. The van der Waals surface area contributed by atoms with E-state index in [1.165, 1.54) is 11.8 Å². The third-order valence-corrected chi connectivity index (χ3v) is 6.78. The number of likely N-dealkylation sites (tertiary alicyclic amines) is 1. The molecule has 0 unspecified atom stereocenters. The van der Waals surface area contributed by atoms with Gasteiger partial charge in [-0.05, 0) is 31.4 Å². The number of hydrogen-bond acceptors (Lipinski definition) is 6. The Kier molecular flexibility index (Phi) is 5.14. The number of fused-ring (bicyclic) bond motifs is 2. The number of esters is 1. The van der Waals surface area contributed by atoms with Crippen LogP contribution in [0, 0.1) is 11.3 Å². The molecule has 2 atom stereocenters. The molecule has 2 aliphatic rings. The molecule has 4 rings (SSSR count). The number of unbranched alkanes of at least 4 members (excludes halogenated alkanes) is 1. The third kappa shape index (κ3) is 3.46. The summed E-state index contributed by atoms with van der Waals surface area (Å²) in [5.74, 6) is -0.0789. The van der Waals surface area contributed by atoms with E-state index in [0.29, 0.717) is 32.7 Å². The quantitative estimate of drug-likeness (QED) is 0.562. The van der Waals surface area contributed by atoms with Gasteiger partial charge in [0.25, 0.3) is 0 Å². The summed E-state index contributed by atoms with van der Waals surface area (Å²) in [6, 6.07) is 8.15. The van der Waals surface area contributed by atoms with Crippen LogP contribution in [-0.4, -0.2) is 55.2 Å². The molecule has 1 aromatic heterocycles. The number of nitrogens with zero attached hydrogens (tertiary/aromatic N) is 2. The Morgan fingerprint density at radius 1 is 1.37 bits per heavy atom. The first-order valence-electron chi connectivity index (χ1n) is 9.41. The molecule has 0 spiro atoms. The van der Waals surface area contributed by atoms with E-state index >= 15 is 0 Å². The number of para-hydroxylation sites is 1. The molecular formula is C20H24N2O4S. The van der Waals surface area contributed by atoms with Gasteiger partial charge in [-0.15, -0.1) is 11.3 Å². The molecule has 2 saturated heterocycles. The first kappa shape index (κ1) is 18.4. The fourth-order valence-electron chi connectivity index (χ4n) is 4.15. The van der Waals surface area contributed by atoms with Gasteiger partial charge in [0.05, 0.1) is 35.5 Å². The highest BCUT2D eigenvalue weighted by molar-refractivity contribution is 7.18. The number of methoxy groups -OCH3 is 1. The van der Waals surface area contributed by atoms with Crippen molar-refractivity contribution in [3.8, 4) is 0 Å². The highest BCUT2D eigenvalue weighted by Gasteiger charge is 2.57. The second kappa shape index (κ2) is 7.56. The standard InChI is InChI=1S/C20H24N2O4S/c1-25-19(24)20-12-22(10-14(20)11-26-13-20)18(23)9-5-4-8-17-21-15-6-2-3-7-16(15)27-17/h2-3,6-7,14H,4-5,8-13H2,1H3/t14-,20-/m0/s1. The number of benzene rings is 1. The second-order valence-electron chi connectivity index (χ2n) is 7.42. The lowest BCUT2D eigenvalue weighted by atomic mass is 9.81. The fraction of sp³-hybridized carbons (Fsp3) is 0.550. The van der Waals surface area contributed by atoms with Crippen molar-refractivity contribution in [1.29, 1.82) is 0 Å². The fourth-order valence-corrected chi connectivity index (χ4v) is 5.16. The van der Waals surface area contributed by atoms with E-state index in [1.54, 1.807) is 11.3 Å². The summed E-state index contributed by atoms with van der Waals surface area (Å²) in [7, 11) is 1.40. The van der Waals surface area contributed by atoms with E-state index in [4.69, 9.17) is 9.47 Å². The number of aromatic nitrogens is 1. The van der Waals surface area contributed by atoms with Crippen molar-refractivity contribution in [3.05, 3.63) is 29.3 Å². The molecule has 2 aliphatic heterocycles. The normalized spacial score (nSPS) is 24.3. The Morgan fingerprint density at radius 2 is 2.22 bits per heavy atom. The zero-order chi connectivity index (χ0) is 18.9. The number of ether oxygens (including phenoxy) is 2. The molecule has 1 amide bonds. The maximum Gasteiger partial charge on any atom is 0.316 e. The van der Waals surface area contributed by atoms with E-state index in [2.05, 4.69) is 11.1 Å². The number of aryl methyl sites for hydroxylation is 1. The summed E-state index contributed by atoms with van der Waals surface area (Å²) in [4.78, 5) is 31.3. The van der Waals surface area contributed by atoms with Crippen LogP contribution in [0.2, 0.25) is 0 Å². The minimum absolute atomic E-state index is 0.0525. The molecule has 27 heavy (non-hydrogen) atoms. The van der Waals surface area contributed by atoms with Crippen molar-refractivity contribution in [1.82, 2.24) is 9.88 Å². The van der Waals surface area contributed by atoms with Crippen LogP contribution in [0.15, 0.2) is 24.3 Å². The molecule has 0 aliphatic carbocycles. The monoisotopic (exact) mass is 388 g/mol. The zero-order valence-electron chi connectivity index (χ0n) is 15.5. The van der Waals surface area contributed by atoms with Crippen LogP contribution >= 0.6 is 11.3 Å². The molecule has 3 heterocycles. The van der Waals surface area contributed by atoms with Crippen LogP contribution in [0.25, 0.3) is 10.2 Å². The van der Waals surface area contributed by atoms with Crippen molar-refractivity contribution in [2.45, 2.75) is 25.7 Å². The van der Waals surface area contributed by atoms with Gasteiger partial charge < -0.3 is 14.4 Å². The van der Waals surface area contributed by atoms with Gasteiger partial charge in [-0.2, -0.15) is 0 Å². The maximum atomic E-state index is 12.6. The average Bonchev–Trinajstić information content (AvgIpc) is 3.35. The molecule has 2 aromatic rings. The summed E-state index contributed by atoms with van der Waals surface area (Å²) in [6.45, 7) is 1.88. The van der Waals surface area contributed by atoms with E-state index in [-0.39, 0.29) is 17.8 Å². The Balaban J connectivity index is 1.27. The van der Waals surface area contributed by atoms with E-state index in [1.807, 2.05) is 23.1 Å². The second-order valence-corrected chi connectivity index (χ2v) is 8.53. The van der Waals surface area contributed by atoms with Crippen LogP contribution in [0.5, 0.6) is 0 Å². The zero-order valence-corrected chi connectivity index (χ0v) is 16.3. The van der Waals surface area contributed by atoms with Gasteiger partial charge in [0.2, 0.25) is 5.91 Å². The van der Waals surface area contributed by atoms with Crippen LogP contribution in [-0.2, 0) is 25.5 Å². The van der Waals surface area contributed by atoms with Gasteiger partial charge in [0.15, 0.2) is 0 Å². The van der Waals surface area contributed by atoms with Crippen molar-refractivity contribution >= 4 is 33.4 Å².